The molecule has 1 unspecified atom stereocenters. The lowest BCUT2D eigenvalue weighted by Crippen LogP contribution is -2.23. The second kappa shape index (κ2) is 11.1. The predicted octanol–water partition coefficient (Wildman–Crippen LogP) is 3.37. The first kappa shape index (κ1) is 20.6. The zero-order chi connectivity index (χ0) is 19.5. The van der Waals surface area contributed by atoms with Crippen molar-refractivity contribution in [2.45, 2.75) is 52.2 Å². The van der Waals surface area contributed by atoms with Crippen LogP contribution in [0.3, 0.4) is 0 Å². The average molecular weight is 372 g/mol. The van der Waals surface area contributed by atoms with Crippen molar-refractivity contribution in [3.63, 3.8) is 0 Å². The van der Waals surface area contributed by atoms with E-state index in [9.17, 15) is 9.90 Å². The van der Waals surface area contributed by atoms with Crippen LogP contribution in [0, 0.1) is 0 Å². The minimum absolute atomic E-state index is 0.0640. The molecular weight excluding hydrogens is 344 g/mol. The van der Waals surface area contributed by atoms with Gasteiger partial charge >= 0.3 is 0 Å². The number of carbonyl (C=O) groups excluding carboxylic acids is 1. The van der Waals surface area contributed by atoms with Crippen molar-refractivity contribution >= 4 is 17.7 Å². The number of amides is 1. The molecule has 1 amide bonds. The monoisotopic (exact) mass is 372 g/mol. The van der Waals surface area contributed by atoms with E-state index in [1.54, 1.807) is 6.20 Å². The molecule has 1 atom stereocenters. The topological polar surface area (TPSA) is 96.4 Å². The van der Waals surface area contributed by atoms with Crippen molar-refractivity contribution in [1.29, 1.82) is 0 Å². The molecule has 7 heteroatoms. The van der Waals surface area contributed by atoms with Gasteiger partial charge in [-0.1, -0.05) is 50.1 Å². The number of nitrogens with one attached hydrogen (secondary N) is 2. The van der Waals surface area contributed by atoms with Crippen LogP contribution in [0.15, 0.2) is 36.5 Å². The molecule has 3 N–H and O–H groups in total. The van der Waals surface area contributed by atoms with E-state index in [-0.39, 0.29) is 24.5 Å². The van der Waals surface area contributed by atoms with Crippen LogP contribution in [0.5, 0.6) is 5.75 Å². The van der Waals surface area contributed by atoms with Crippen molar-refractivity contribution in [2.75, 3.05) is 17.2 Å². The smallest absolute Gasteiger partial charge is 0.231 e. The number of unbranched alkanes of at least 4 members (excludes halogenated alkanes) is 1. The van der Waals surface area contributed by atoms with Crippen molar-refractivity contribution in [3.05, 3.63) is 42.1 Å². The molecule has 0 spiro atoms. The highest BCUT2D eigenvalue weighted by atomic mass is 16.5. The number of hydrogen-bond donors (Lipinski definition) is 3. The van der Waals surface area contributed by atoms with Gasteiger partial charge in [0.15, 0.2) is 11.6 Å². The summed E-state index contributed by atoms with van der Waals surface area (Å²) in [6.45, 7) is 4.01. The van der Waals surface area contributed by atoms with E-state index in [2.05, 4.69) is 27.5 Å². The Morgan fingerprint density at radius 1 is 1.26 bits per heavy atom. The second-order valence-corrected chi connectivity index (χ2v) is 6.36. The molecule has 0 aliphatic rings. The van der Waals surface area contributed by atoms with E-state index in [1.165, 1.54) is 6.92 Å². The van der Waals surface area contributed by atoms with Crippen molar-refractivity contribution in [2.24, 2.45) is 0 Å². The first-order valence-electron chi connectivity index (χ1n) is 9.31. The highest BCUT2D eigenvalue weighted by molar-refractivity contribution is 5.86. The molecule has 0 fully saturated rings. The van der Waals surface area contributed by atoms with Crippen LogP contribution >= 0.6 is 0 Å². The van der Waals surface area contributed by atoms with Crippen LogP contribution in [0.4, 0.5) is 11.8 Å². The van der Waals surface area contributed by atoms with Gasteiger partial charge in [0.05, 0.1) is 6.20 Å². The molecule has 27 heavy (non-hydrogen) atoms. The van der Waals surface area contributed by atoms with Gasteiger partial charge in [-0.3, -0.25) is 10.1 Å². The van der Waals surface area contributed by atoms with Crippen LogP contribution in [0.2, 0.25) is 0 Å². The Bertz CT molecular complexity index is 710. The zero-order valence-corrected chi connectivity index (χ0v) is 15.9. The fourth-order valence-electron chi connectivity index (χ4n) is 2.62. The van der Waals surface area contributed by atoms with Crippen molar-refractivity contribution in [3.8, 4) is 5.75 Å². The number of benzene rings is 1. The van der Waals surface area contributed by atoms with E-state index < -0.39 is 0 Å². The van der Waals surface area contributed by atoms with Gasteiger partial charge in [-0.25, -0.2) is 4.98 Å². The number of nitrogens with zero attached hydrogens (tertiary/aromatic N) is 2. The van der Waals surface area contributed by atoms with E-state index in [0.717, 1.165) is 24.8 Å². The van der Waals surface area contributed by atoms with Gasteiger partial charge in [0, 0.05) is 19.6 Å². The summed E-state index contributed by atoms with van der Waals surface area (Å²) >= 11 is 0. The van der Waals surface area contributed by atoms with Gasteiger partial charge in [-0.05, 0) is 18.4 Å². The lowest BCUT2D eigenvalue weighted by Gasteiger charge is -2.20. The highest BCUT2D eigenvalue weighted by Crippen LogP contribution is 2.25. The Labute approximate surface area is 160 Å². The van der Waals surface area contributed by atoms with Gasteiger partial charge < -0.3 is 15.2 Å². The molecule has 0 saturated heterocycles. The van der Waals surface area contributed by atoms with E-state index >= 15 is 0 Å². The third-order valence-electron chi connectivity index (χ3n) is 4.00. The summed E-state index contributed by atoms with van der Waals surface area (Å²) in [5.74, 6) is 0.999. The fourth-order valence-corrected chi connectivity index (χ4v) is 2.62. The Morgan fingerprint density at radius 2 is 2.04 bits per heavy atom. The van der Waals surface area contributed by atoms with E-state index in [4.69, 9.17) is 4.74 Å². The van der Waals surface area contributed by atoms with Gasteiger partial charge in [-0.2, -0.15) is 4.98 Å². The van der Waals surface area contributed by atoms with Crippen LogP contribution < -0.4 is 15.4 Å². The minimum atomic E-state index is -0.239. The summed E-state index contributed by atoms with van der Waals surface area (Å²) in [7, 11) is 0. The predicted molar refractivity (Wildman–Crippen MR) is 106 cm³/mol. The number of rotatable bonds is 11. The molecule has 2 rings (SSSR count). The third kappa shape index (κ3) is 7.22. The molecular formula is C20H28N4O3. The van der Waals surface area contributed by atoms with Gasteiger partial charge in [0.1, 0.15) is 6.61 Å². The summed E-state index contributed by atoms with van der Waals surface area (Å²) in [5, 5.41) is 15.3. The molecule has 1 aromatic heterocycles. The maximum absolute atomic E-state index is 11.3. The lowest BCUT2D eigenvalue weighted by molar-refractivity contribution is -0.114. The first-order chi connectivity index (χ1) is 13.1. The Kier molecular flexibility index (Phi) is 8.51. The summed E-state index contributed by atoms with van der Waals surface area (Å²) in [4.78, 5) is 19.9. The molecule has 146 valence electrons. The molecule has 0 bridgehead atoms. The van der Waals surface area contributed by atoms with E-state index in [1.807, 2.05) is 30.3 Å². The molecule has 0 saturated carbocycles. The Morgan fingerprint density at radius 3 is 2.70 bits per heavy atom. The second-order valence-electron chi connectivity index (χ2n) is 6.36. The average Bonchev–Trinajstić information content (AvgIpc) is 2.66. The van der Waals surface area contributed by atoms with Crippen molar-refractivity contribution < 1.29 is 14.6 Å². The molecule has 1 aromatic carbocycles. The Balaban J connectivity index is 2.18. The molecule has 0 aliphatic heterocycles. The van der Waals surface area contributed by atoms with Crippen LogP contribution in [0.25, 0.3) is 0 Å². The number of aliphatic hydroxyl groups is 1. The first-order valence-corrected chi connectivity index (χ1v) is 9.31. The van der Waals surface area contributed by atoms with Crippen LogP contribution in [0.1, 0.15) is 45.1 Å². The van der Waals surface area contributed by atoms with Gasteiger partial charge in [-0.15, -0.1) is 0 Å². The zero-order valence-electron chi connectivity index (χ0n) is 15.9. The molecule has 7 nitrogen and oxygen atoms in total. The molecule has 2 aromatic rings. The minimum Gasteiger partial charge on any atom is -0.483 e. The normalized spacial score (nSPS) is 11.7. The standard InChI is InChI=1S/C20H28N4O3/c1-3-4-10-17(11-12-25)23-19-18(13-21-20(24-19)22-15(2)26)27-14-16-8-6-5-7-9-16/h5-9,13,17,25H,3-4,10-12,14H2,1-2H3,(H2,21,22,23,24,26). The summed E-state index contributed by atoms with van der Waals surface area (Å²) in [6.07, 6.45) is 5.19. The molecule has 1 heterocycles. The summed E-state index contributed by atoms with van der Waals surface area (Å²) < 4.78 is 5.90. The highest BCUT2D eigenvalue weighted by Gasteiger charge is 2.15. The van der Waals surface area contributed by atoms with Gasteiger partial charge in [0.2, 0.25) is 11.9 Å². The number of ether oxygens (including phenoxy) is 1. The largest absolute Gasteiger partial charge is 0.483 e. The van der Waals surface area contributed by atoms with Crippen LogP contribution in [-0.2, 0) is 11.4 Å². The summed E-state index contributed by atoms with van der Waals surface area (Å²) in [6, 6.07) is 9.89. The number of carbonyl (C=O) groups is 1. The summed E-state index contributed by atoms with van der Waals surface area (Å²) in [5.41, 5.74) is 1.03. The fraction of sp³-hybridized carbons (Fsp3) is 0.450. The Hall–Kier alpha value is -2.67. The number of hydrogen-bond acceptors (Lipinski definition) is 6. The maximum Gasteiger partial charge on any atom is 0.231 e. The maximum atomic E-state index is 11.3. The number of aromatic nitrogens is 2. The quantitative estimate of drug-likeness (QED) is 0.560. The van der Waals surface area contributed by atoms with Gasteiger partial charge in [0.25, 0.3) is 0 Å². The van der Waals surface area contributed by atoms with E-state index in [0.29, 0.717) is 24.6 Å². The SMILES string of the molecule is CCCCC(CCO)Nc1nc(NC(C)=O)ncc1OCc1ccccc1. The van der Waals surface area contributed by atoms with Crippen molar-refractivity contribution in [1.82, 2.24) is 9.97 Å². The van der Waals surface area contributed by atoms with Crippen LogP contribution in [-0.4, -0.2) is 33.6 Å². The molecule has 0 aliphatic carbocycles. The molecule has 0 radical (unpaired) electrons. The number of anilines is 2. The number of aliphatic hydroxyl groups excluding tert-OH is 1. The lowest BCUT2D eigenvalue weighted by atomic mass is 10.1. The third-order valence-corrected chi connectivity index (χ3v) is 4.00.